The molecule has 0 saturated carbocycles. The zero-order valence-corrected chi connectivity index (χ0v) is 11.1. The molecule has 0 aliphatic carbocycles. The summed E-state index contributed by atoms with van der Waals surface area (Å²) in [7, 11) is 0. The molecule has 0 aromatic heterocycles. The van der Waals surface area contributed by atoms with Gasteiger partial charge in [0.2, 0.25) is 0 Å². The van der Waals surface area contributed by atoms with Crippen molar-refractivity contribution in [3.63, 3.8) is 0 Å². The lowest BCUT2D eigenvalue weighted by Crippen LogP contribution is -1.79. The van der Waals surface area contributed by atoms with Gasteiger partial charge in [-0.3, -0.25) is 0 Å². The zero-order valence-electron chi connectivity index (χ0n) is 9.48. The number of aromatic hydroxyl groups is 1. The van der Waals surface area contributed by atoms with Crippen LogP contribution in [0.1, 0.15) is 12.5 Å². The Balaban J connectivity index is 2.16. The molecule has 0 saturated heterocycles. The second-order valence-electron chi connectivity index (χ2n) is 3.71. The van der Waals surface area contributed by atoms with Gasteiger partial charge in [-0.05, 0) is 42.3 Å². The van der Waals surface area contributed by atoms with Crippen molar-refractivity contribution in [1.29, 1.82) is 0 Å². The third-order valence-corrected chi connectivity index (χ3v) is 3.79. The summed E-state index contributed by atoms with van der Waals surface area (Å²) in [4.78, 5) is 2.20. The van der Waals surface area contributed by atoms with Crippen molar-refractivity contribution in [2.24, 2.45) is 0 Å². The molecule has 1 nitrogen and oxygen atoms in total. The van der Waals surface area contributed by atoms with Crippen LogP contribution in [0, 0.1) is 0 Å². The van der Waals surface area contributed by atoms with E-state index in [0.717, 1.165) is 11.3 Å². The molecule has 17 heavy (non-hydrogen) atoms. The van der Waals surface area contributed by atoms with Crippen LogP contribution in [0.15, 0.2) is 52.3 Å². The summed E-state index contributed by atoms with van der Waals surface area (Å²) < 4.78 is 0. The highest BCUT2D eigenvalue weighted by Gasteiger charge is 2.02. The first-order valence-corrected chi connectivity index (χ1v) is 6.64. The van der Waals surface area contributed by atoms with E-state index in [4.69, 9.17) is 11.6 Å². The maximum atomic E-state index is 9.34. The second kappa shape index (κ2) is 5.48. The van der Waals surface area contributed by atoms with Crippen LogP contribution in [0.5, 0.6) is 5.75 Å². The van der Waals surface area contributed by atoms with Gasteiger partial charge in [-0.25, -0.2) is 0 Å². The van der Waals surface area contributed by atoms with E-state index in [2.05, 4.69) is 31.2 Å². The van der Waals surface area contributed by atoms with Gasteiger partial charge in [0.15, 0.2) is 0 Å². The number of halogens is 1. The van der Waals surface area contributed by atoms with E-state index in [1.807, 2.05) is 6.07 Å². The van der Waals surface area contributed by atoms with E-state index in [1.165, 1.54) is 10.5 Å². The molecule has 2 aromatic carbocycles. The summed E-state index contributed by atoms with van der Waals surface area (Å²) in [6, 6.07) is 13.7. The zero-order chi connectivity index (χ0) is 12.3. The number of hydrogen-bond donors (Lipinski definition) is 1. The maximum absolute atomic E-state index is 9.34. The number of phenols is 1. The molecule has 3 heteroatoms. The van der Waals surface area contributed by atoms with Crippen LogP contribution < -0.4 is 0 Å². The lowest BCUT2D eigenvalue weighted by atomic mass is 10.2. The van der Waals surface area contributed by atoms with Crippen molar-refractivity contribution >= 4 is 23.4 Å². The highest BCUT2D eigenvalue weighted by atomic mass is 35.5. The van der Waals surface area contributed by atoms with Gasteiger partial charge in [0.1, 0.15) is 5.75 Å². The first kappa shape index (κ1) is 12.3. The van der Waals surface area contributed by atoms with E-state index < -0.39 is 0 Å². The smallest absolute Gasteiger partial charge is 0.134 e. The van der Waals surface area contributed by atoms with Crippen LogP contribution in [0.2, 0.25) is 5.02 Å². The van der Waals surface area contributed by atoms with E-state index in [9.17, 15) is 5.11 Å². The molecule has 0 aliphatic rings. The van der Waals surface area contributed by atoms with Crippen molar-refractivity contribution in [3.05, 3.63) is 53.1 Å². The van der Waals surface area contributed by atoms with Crippen LogP contribution in [0.25, 0.3) is 0 Å². The average Bonchev–Trinajstić information content (AvgIpc) is 2.35. The van der Waals surface area contributed by atoms with Gasteiger partial charge in [0, 0.05) is 9.79 Å². The predicted molar refractivity (Wildman–Crippen MR) is 73.1 cm³/mol. The van der Waals surface area contributed by atoms with Gasteiger partial charge in [0.05, 0.1) is 5.02 Å². The van der Waals surface area contributed by atoms with Gasteiger partial charge < -0.3 is 5.11 Å². The highest BCUT2D eigenvalue weighted by Crippen LogP contribution is 2.33. The fourth-order valence-electron chi connectivity index (χ4n) is 1.48. The van der Waals surface area contributed by atoms with E-state index in [0.29, 0.717) is 5.02 Å². The normalized spacial score (nSPS) is 10.5. The molecule has 0 atom stereocenters. The van der Waals surface area contributed by atoms with Crippen molar-refractivity contribution in [2.45, 2.75) is 23.1 Å². The van der Waals surface area contributed by atoms with Crippen molar-refractivity contribution < 1.29 is 5.11 Å². The van der Waals surface area contributed by atoms with Gasteiger partial charge in [-0.1, -0.05) is 42.4 Å². The Morgan fingerprint density at radius 3 is 2.29 bits per heavy atom. The van der Waals surface area contributed by atoms with Gasteiger partial charge in [-0.15, -0.1) is 0 Å². The number of benzene rings is 2. The van der Waals surface area contributed by atoms with Crippen LogP contribution in [0.3, 0.4) is 0 Å². The van der Waals surface area contributed by atoms with Crippen LogP contribution in [-0.2, 0) is 6.42 Å². The monoisotopic (exact) mass is 264 g/mol. The molecule has 2 aromatic rings. The largest absolute Gasteiger partial charge is 0.506 e. The van der Waals surface area contributed by atoms with Crippen LogP contribution in [0.4, 0.5) is 0 Å². The topological polar surface area (TPSA) is 20.2 Å². The Morgan fingerprint density at radius 1 is 1.06 bits per heavy atom. The summed E-state index contributed by atoms with van der Waals surface area (Å²) in [5, 5.41) is 9.73. The molecular weight excluding hydrogens is 252 g/mol. The van der Waals surface area contributed by atoms with Gasteiger partial charge in [0.25, 0.3) is 0 Å². The fourth-order valence-corrected chi connectivity index (χ4v) is 2.58. The minimum Gasteiger partial charge on any atom is -0.506 e. The third-order valence-electron chi connectivity index (χ3n) is 2.49. The summed E-state index contributed by atoms with van der Waals surface area (Å²) in [6.45, 7) is 2.14. The Hall–Kier alpha value is -1.12. The summed E-state index contributed by atoms with van der Waals surface area (Å²) in [5.41, 5.74) is 1.33. The molecule has 1 N–H and O–H groups in total. The van der Waals surface area contributed by atoms with Crippen molar-refractivity contribution in [3.8, 4) is 5.75 Å². The predicted octanol–water partition coefficient (Wildman–Crippen LogP) is 4.76. The molecule has 0 unspecified atom stereocenters. The first-order valence-electron chi connectivity index (χ1n) is 5.44. The number of phenolic OH excluding ortho intramolecular Hbond substituents is 1. The Morgan fingerprint density at radius 2 is 1.71 bits per heavy atom. The highest BCUT2D eigenvalue weighted by molar-refractivity contribution is 7.99. The molecule has 0 spiro atoms. The molecular formula is C14H13ClOS. The van der Waals surface area contributed by atoms with Crippen LogP contribution >= 0.6 is 23.4 Å². The Kier molecular flexibility index (Phi) is 3.97. The minimum atomic E-state index is 0.123. The van der Waals surface area contributed by atoms with E-state index in [1.54, 1.807) is 23.9 Å². The molecule has 2 rings (SSSR count). The van der Waals surface area contributed by atoms with Gasteiger partial charge in [-0.2, -0.15) is 0 Å². The van der Waals surface area contributed by atoms with E-state index in [-0.39, 0.29) is 5.75 Å². The van der Waals surface area contributed by atoms with Crippen molar-refractivity contribution in [2.75, 3.05) is 0 Å². The first-order chi connectivity index (χ1) is 8.19. The Labute approximate surface area is 110 Å². The SMILES string of the molecule is CCc1ccc(Sc2ccc(O)c(Cl)c2)cc1. The number of hydrogen-bond acceptors (Lipinski definition) is 2. The summed E-state index contributed by atoms with van der Waals surface area (Å²) in [6.07, 6.45) is 1.05. The lowest BCUT2D eigenvalue weighted by molar-refractivity contribution is 0.475. The number of aryl methyl sites for hydroxylation is 1. The lowest BCUT2D eigenvalue weighted by Gasteiger charge is -2.04. The molecule has 0 bridgehead atoms. The fraction of sp³-hybridized carbons (Fsp3) is 0.143. The second-order valence-corrected chi connectivity index (χ2v) is 5.27. The number of rotatable bonds is 3. The molecule has 0 heterocycles. The van der Waals surface area contributed by atoms with Gasteiger partial charge >= 0.3 is 0 Å². The molecule has 0 amide bonds. The maximum Gasteiger partial charge on any atom is 0.134 e. The standard InChI is InChI=1S/C14H13ClOS/c1-2-10-3-5-11(6-4-10)17-12-7-8-14(16)13(15)9-12/h3-9,16H,2H2,1H3. The minimum absolute atomic E-state index is 0.123. The molecule has 0 aliphatic heterocycles. The quantitative estimate of drug-likeness (QED) is 0.863. The van der Waals surface area contributed by atoms with Crippen molar-refractivity contribution in [1.82, 2.24) is 0 Å². The van der Waals surface area contributed by atoms with E-state index >= 15 is 0 Å². The third kappa shape index (κ3) is 3.18. The molecule has 0 fully saturated rings. The summed E-state index contributed by atoms with van der Waals surface area (Å²) in [5.74, 6) is 0.123. The average molecular weight is 265 g/mol. The molecule has 88 valence electrons. The molecule has 0 radical (unpaired) electrons. The Bertz CT molecular complexity index is 508. The van der Waals surface area contributed by atoms with Crippen LogP contribution in [-0.4, -0.2) is 5.11 Å². The summed E-state index contributed by atoms with van der Waals surface area (Å²) >= 11 is 7.50.